The van der Waals surface area contributed by atoms with Gasteiger partial charge in [-0.05, 0) is 51.7 Å². The Morgan fingerprint density at radius 3 is 2.95 bits per heavy atom. The summed E-state index contributed by atoms with van der Waals surface area (Å²) in [5, 5.41) is 9.92. The predicted octanol–water partition coefficient (Wildman–Crippen LogP) is 3.06. The van der Waals surface area contributed by atoms with E-state index < -0.39 is 0 Å². The van der Waals surface area contributed by atoms with Gasteiger partial charge in [0.25, 0.3) is 0 Å². The Balaban J connectivity index is 2.06. The molecule has 1 aromatic heterocycles. The van der Waals surface area contributed by atoms with Gasteiger partial charge in [-0.15, -0.1) is 0 Å². The van der Waals surface area contributed by atoms with Crippen molar-refractivity contribution < 1.29 is 4.79 Å². The fourth-order valence-electron chi connectivity index (χ4n) is 2.72. The first-order valence-corrected chi connectivity index (χ1v) is 8.32. The van der Waals surface area contributed by atoms with Crippen LogP contribution in [0, 0.1) is 25.2 Å². The molecular formula is C16H21N3OS. The zero-order chi connectivity index (χ0) is 15.4. The zero-order valence-electron chi connectivity index (χ0n) is 12.8. The molecule has 1 aliphatic rings. The van der Waals surface area contributed by atoms with Gasteiger partial charge in [0.15, 0.2) is 0 Å². The maximum Gasteiger partial charge on any atom is 0.233 e. The van der Waals surface area contributed by atoms with E-state index in [9.17, 15) is 10.1 Å². The summed E-state index contributed by atoms with van der Waals surface area (Å²) in [5.74, 6) is 0.506. The van der Waals surface area contributed by atoms with Gasteiger partial charge in [0, 0.05) is 18.3 Å². The third kappa shape index (κ3) is 3.76. The Labute approximate surface area is 130 Å². The van der Waals surface area contributed by atoms with Crippen molar-refractivity contribution in [2.24, 2.45) is 0 Å². The SMILES string of the molecule is Cc1cc(C)c(C#N)c(SCC(=O)N2CCCCC2C)n1. The molecule has 1 aromatic rings. The average molecular weight is 303 g/mol. The first-order valence-electron chi connectivity index (χ1n) is 7.33. The lowest BCUT2D eigenvalue weighted by Crippen LogP contribution is -2.42. The molecule has 2 heterocycles. The number of aromatic nitrogens is 1. The van der Waals surface area contributed by atoms with Crippen LogP contribution in [0.5, 0.6) is 0 Å². The zero-order valence-corrected chi connectivity index (χ0v) is 13.7. The minimum atomic E-state index is 0.150. The second-order valence-electron chi connectivity index (χ2n) is 5.59. The molecule has 0 saturated carbocycles. The molecule has 1 unspecified atom stereocenters. The molecule has 2 rings (SSSR count). The predicted molar refractivity (Wildman–Crippen MR) is 84.2 cm³/mol. The first-order chi connectivity index (χ1) is 10.0. The van der Waals surface area contributed by atoms with Crippen molar-refractivity contribution in [2.45, 2.75) is 51.1 Å². The minimum Gasteiger partial charge on any atom is -0.339 e. The lowest BCUT2D eigenvalue weighted by atomic mass is 10.0. The highest BCUT2D eigenvalue weighted by Gasteiger charge is 2.23. The summed E-state index contributed by atoms with van der Waals surface area (Å²) in [6.45, 7) is 6.78. The summed E-state index contributed by atoms with van der Waals surface area (Å²) in [4.78, 5) is 18.7. The molecule has 1 atom stereocenters. The second kappa shape index (κ2) is 6.95. The fraction of sp³-hybridized carbons (Fsp3) is 0.562. The van der Waals surface area contributed by atoms with Crippen molar-refractivity contribution in [3.63, 3.8) is 0 Å². The van der Waals surface area contributed by atoms with Crippen LogP contribution in [0.1, 0.15) is 43.0 Å². The Bertz CT molecular complexity index is 580. The third-order valence-corrected chi connectivity index (χ3v) is 4.84. The molecule has 0 spiro atoms. The maximum absolute atomic E-state index is 12.3. The van der Waals surface area contributed by atoms with Crippen LogP contribution in [0.3, 0.4) is 0 Å². The molecule has 4 nitrogen and oxygen atoms in total. The van der Waals surface area contributed by atoms with Crippen LogP contribution in [0.25, 0.3) is 0 Å². The van der Waals surface area contributed by atoms with Crippen molar-refractivity contribution in [3.8, 4) is 6.07 Å². The normalized spacial score (nSPS) is 18.4. The number of aryl methyl sites for hydroxylation is 2. The van der Waals surface area contributed by atoms with Crippen LogP contribution in [-0.2, 0) is 4.79 Å². The molecule has 0 aliphatic carbocycles. The van der Waals surface area contributed by atoms with Crippen molar-refractivity contribution in [2.75, 3.05) is 12.3 Å². The minimum absolute atomic E-state index is 0.150. The van der Waals surface area contributed by atoms with E-state index in [0.717, 1.165) is 30.6 Å². The standard InChI is InChI=1S/C16H21N3OS/c1-11-8-12(2)18-16(14(11)9-17)21-10-15(20)19-7-5-4-6-13(19)3/h8,13H,4-7,10H2,1-3H3. The van der Waals surface area contributed by atoms with Gasteiger partial charge >= 0.3 is 0 Å². The summed E-state index contributed by atoms with van der Waals surface area (Å²) in [5.41, 5.74) is 2.39. The molecule has 1 amide bonds. The van der Waals surface area contributed by atoms with Gasteiger partial charge in [0.05, 0.1) is 11.3 Å². The van der Waals surface area contributed by atoms with Crippen LogP contribution in [0.2, 0.25) is 0 Å². The number of piperidine rings is 1. The molecule has 112 valence electrons. The molecule has 1 saturated heterocycles. The number of carbonyl (C=O) groups excluding carboxylic acids is 1. The number of rotatable bonds is 3. The molecule has 1 aliphatic heterocycles. The van der Waals surface area contributed by atoms with E-state index in [1.54, 1.807) is 0 Å². The number of pyridine rings is 1. The molecule has 0 radical (unpaired) electrons. The number of thioether (sulfide) groups is 1. The van der Waals surface area contributed by atoms with E-state index >= 15 is 0 Å². The molecule has 21 heavy (non-hydrogen) atoms. The van der Waals surface area contributed by atoms with E-state index in [4.69, 9.17) is 0 Å². The fourth-order valence-corrected chi connectivity index (χ4v) is 3.71. The van der Waals surface area contributed by atoms with E-state index in [2.05, 4.69) is 18.0 Å². The highest BCUT2D eigenvalue weighted by atomic mass is 32.2. The van der Waals surface area contributed by atoms with Gasteiger partial charge in [-0.25, -0.2) is 4.98 Å². The Morgan fingerprint density at radius 2 is 2.29 bits per heavy atom. The van der Waals surface area contributed by atoms with Crippen LogP contribution >= 0.6 is 11.8 Å². The third-order valence-electron chi connectivity index (χ3n) is 3.88. The Hall–Kier alpha value is -1.54. The number of carbonyl (C=O) groups is 1. The Morgan fingerprint density at radius 1 is 1.52 bits per heavy atom. The number of nitriles is 1. The molecular weight excluding hydrogens is 282 g/mol. The highest BCUT2D eigenvalue weighted by Crippen LogP contribution is 2.25. The van der Waals surface area contributed by atoms with Crippen LogP contribution in [0.4, 0.5) is 0 Å². The van der Waals surface area contributed by atoms with Crippen LogP contribution in [-0.4, -0.2) is 34.1 Å². The van der Waals surface area contributed by atoms with E-state index in [-0.39, 0.29) is 5.91 Å². The largest absolute Gasteiger partial charge is 0.339 e. The summed E-state index contributed by atoms with van der Waals surface area (Å²) < 4.78 is 0. The Kier molecular flexibility index (Phi) is 5.24. The maximum atomic E-state index is 12.3. The number of likely N-dealkylation sites (tertiary alicyclic amines) is 1. The smallest absolute Gasteiger partial charge is 0.233 e. The summed E-state index contributed by atoms with van der Waals surface area (Å²) in [6, 6.07) is 4.42. The van der Waals surface area contributed by atoms with Crippen LogP contribution < -0.4 is 0 Å². The van der Waals surface area contributed by atoms with Gasteiger partial charge in [-0.1, -0.05) is 11.8 Å². The number of nitrogens with zero attached hydrogens (tertiary/aromatic N) is 3. The van der Waals surface area contributed by atoms with Gasteiger partial charge in [0.2, 0.25) is 5.91 Å². The lowest BCUT2D eigenvalue weighted by molar-refractivity contribution is -0.131. The molecule has 0 bridgehead atoms. The van der Waals surface area contributed by atoms with Gasteiger partial charge in [-0.3, -0.25) is 4.79 Å². The van der Waals surface area contributed by atoms with Crippen molar-refractivity contribution in [3.05, 3.63) is 22.9 Å². The first kappa shape index (κ1) is 15.8. The number of amides is 1. The second-order valence-corrected chi connectivity index (χ2v) is 6.56. The molecule has 1 fully saturated rings. The van der Waals surface area contributed by atoms with Crippen molar-refractivity contribution >= 4 is 17.7 Å². The average Bonchev–Trinajstić information content (AvgIpc) is 2.44. The number of hydrogen-bond acceptors (Lipinski definition) is 4. The summed E-state index contributed by atoms with van der Waals surface area (Å²) in [7, 11) is 0. The van der Waals surface area contributed by atoms with Gasteiger partial charge in [-0.2, -0.15) is 5.26 Å². The monoisotopic (exact) mass is 303 g/mol. The molecule has 5 heteroatoms. The van der Waals surface area contributed by atoms with Crippen molar-refractivity contribution in [1.82, 2.24) is 9.88 Å². The van der Waals surface area contributed by atoms with Gasteiger partial charge in [0.1, 0.15) is 11.1 Å². The molecule has 0 aromatic carbocycles. The van der Waals surface area contributed by atoms with E-state index in [1.165, 1.54) is 18.2 Å². The topological polar surface area (TPSA) is 57.0 Å². The van der Waals surface area contributed by atoms with E-state index in [0.29, 0.717) is 22.4 Å². The lowest BCUT2D eigenvalue weighted by Gasteiger charge is -2.33. The van der Waals surface area contributed by atoms with E-state index in [1.807, 2.05) is 24.8 Å². The quantitative estimate of drug-likeness (QED) is 0.805. The summed E-state index contributed by atoms with van der Waals surface area (Å²) in [6.07, 6.45) is 3.38. The number of hydrogen-bond donors (Lipinski definition) is 0. The highest BCUT2D eigenvalue weighted by molar-refractivity contribution is 8.00. The molecule has 0 N–H and O–H groups in total. The van der Waals surface area contributed by atoms with Crippen molar-refractivity contribution in [1.29, 1.82) is 5.26 Å². The summed E-state index contributed by atoms with van der Waals surface area (Å²) >= 11 is 1.38. The van der Waals surface area contributed by atoms with Gasteiger partial charge < -0.3 is 4.90 Å². The van der Waals surface area contributed by atoms with Crippen LogP contribution in [0.15, 0.2) is 11.1 Å².